The normalized spacial score (nSPS) is 16.6. The molecule has 0 unspecified atom stereocenters. The zero-order valence-electron chi connectivity index (χ0n) is 11.9. The monoisotopic (exact) mass is 264 g/mol. The Kier molecular flexibility index (Phi) is 5.16. The lowest BCUT2D eigenvalue weighted by Crippen LogP contribution is -2.30. The van der Waals surface area contributed by atoms with E-state index in [2.05, 4.69) is 23.9 Å². The number of anilines is 1. The molecular weight excluding hydrogens is 240 g/mol. The molecule has 1 aromatic rings. The molecule has 0 aliphatic carbocycles. The van der Waals surface area contributed by atoms with Crippen LogP contribution in [0.1, 0.15) is 31.0 Å². The largest absolute Gasteiger partial charge is 0.392 e. The summed E-state index contributed by atoms with van der Waals surface area (Å²) in [6.07, 6.45) is 3.15. The minimum atomic E-state index is 0.0770. The Morgan fingerprint density at radius 3 is 2.74 bits per heavy atom. The molecule has 106 valence electrons. The fourth-order valence-corrected chi connectivity index (χ4v) is 2.51. The lowest BCUT2D eigenvalue weighted by Gasteiger charge is -2.28. The van der Waals surface area contributed by atoms with Crippen molar-refractivity contribution in [3.63, 3.8) is 0 Å². The van der Waals surface area contributed by atoms with E-state index in [9.17, 15) is 5.11 Å². The van der Waals surface area contributed by atoms with Crippen LogP contribution in [0.4, 0.5) is 5.82 Å². The Morgan fingerprint density at radius 2 is 2.11 bits per heavy atom. The van der Waals surface area contributed by atoms with Crippen LogP contribution in [-0.4, -0.2) is 36.9 Å². The fraction of sp³-hybridized carbons (Fsp3) is 0.667. The molecule has 0 bridgehead atoms. The van der Waals surface area contributed by atoms with Crippen molar-refractivity contribution in [3.8, 4) is 0 Å². The number of aryl methyl sites for hydroxylation is 1. The van der Waals surface area contributed by atoms with Crippen LogP contribution in [0.5, 0.6) is 0 Å². The van der Waals surface area contributed by atoms with Crippen molar-refractivity contribution in [2.45, 2.75) is 32.8 Å². The van der Waals surface area contributed by atoms with Crippen LogP contribution in [0, 0.1) is 5.92 Å². The lowest BCUT2D eigenvalue weighted by atomic mass is 10.00. The van der Waals surface area contributed by atoms with E-state index in [0.29, 0.717) is 5.92 Å². The summed E-state index contributed by atoms with van der Waals surface area (Å²) in [6, 6.07) is 3.96. The minimum absolute atomic E-state index is 0.0770. The molecule has 0 radical (unpaired) electrons. The lowest BCUT2D eigenvalue weighted by molar-refractivity contribution is 0.0685. The standard InChI is InChI=1S/C15H24N2O2/c1-3-14-8-13(11-18)9-15(16-14)17(2)10-12-4-6-19-7-5-12/h8-9,12,18H,3-7,10-11H2,1-2H3. The summed E-state index contributed by atoms with van der Waals surface area (Å²) in [5.74, 6) is 1.65. The van der Waals surface area contributed by atoms with Crippen LogP contribution in [0.3, 0.4) is 0 Å². The van der Waals surface area contributed by atoms with Gasteiger partial charge in [-0.25, -0.2) is 4.98 Å². The summed E-state index contributed by atoms with van der Waals surface area (Å²) in [5, 5.41) is 9.32. The zero-order valence-corrected chi connectivity index (χ0v) is 11.9. The molecule has 1 N–H and O–H groups in total. The second-order valence-electron chi connectivity index (χ2n) is 5.27. The first-order valence-electron chi connectivity index (χ1n) is 7.12. The third kappa shape index (κ3) is 3.91. The second-order valence-corrected chi connectivity index (χ2v) is 5.27. The highest BCUT2D eigenvalue weighted by Crippen LogP contribution is 2.20. The smallest absolute Gasteiger partial charge is 0.128 e. The molecular formula is C15H24N2O2. The molecule has 4 heteroatoms. The molecule has 19 heavy (non-hydrogen) atoms. The summed E-state index contributed by atoms with van der Waals surface area (Å²) >= 11 is 0. The van der Waals surface area contributed by atoms with Crippen LogP contribution in [0.15, 0.2) is 12.1 Å². The van der Waals surface area contributed by atoms with Crippen molar-refractivity contribution in [2.75, 3.05) is 31.7 Å². The number of ether oxygens (including phenoxy) is 1. The first kappa shape index (κ1) is 14.3. The number of nitrogens with zero attached hydrogens (tertiary/aromatic N) is 2. The Morgan fingerprint density at radius 1 is 1.37 bits per heavy atom. The topological polar surface area (TPSA) is 45.6 Å². The van der Waals surface area contributed by atoms with Gasteiger partial charge in [0.2, 0.25) is 0 Å². The van der Waals surface area contributed by atoms with Crippen LogP contribution in [-0.2, 0) is 17.8 Å². The summed E-state index contributed by atoms with van der Waals surface area (Å²) < 4.78 is 5.39. The molecule has 2 heterocycles. The number of hydrogen-bond donors (Lipinski definition) is 1. The van der Waals surface area contributed by atoms with Crippen LogP contribution < -0.4 is 4.90 Å². The maximum atomic E-state index is 9.32. The quantitative estimate of drug-likeness (QED) is 0.883. The molecule has 1 aliphatic rings. The first-order chi connectivity index (χ1) is 9.22. The van der Waals surface area contributed by atoms with E-state index in [0.717, 1.165) is 56.1 Å². The number of hydrogen-bond acceptors (Lipinski definition) is 4. The number of aromatic nitrogens is 1. The van der Waals surface area contributed by atoms with Gasteiger partial charge in [0, 0.05) is 32.5 Å². The highest BCUT2D eigenvalue weighted by atomic mass is 16.5. The third-order valence-corrected chi connectivity index (χ3v) is 3.73. The highest BCUT2D eigenvalue weighted by Gasteiger charge is 2.17. The Balaban J connectivity index is 2.06. The maximum absolute atomic E-state index is 9.32. The summed E-state index contributed by atoms with van der Waals surface area (Å²) in [7, 11) is 2.08. The third-order valence-electron chi connectivity index (χ3n) is 3.73. The van der Waals surface area contributed by atoms with Gasteiger partial charge in [-0.1, -0.05) is 6.92 Å². The van der Waals surface area contributed by atoms with Gasteiger partial charge in [0.15, 0.2) is 0 Å². The van der Waals surface area contributed by atoms with Crippen molar-refractivity contribution in [1.82, 2.24) is 4.98 Å². The Bertz CT molecular complexity index is 381. The van der Waals surface area contributed by atoms with E-state index in [1.807, 2.05) is 12.1 Å². The minimum Gasteiger partial charge on any atom is -0.392 e. The number of pyridine rings is 1. The Labute approximate surface area is 115 Å². The second kappa shape index (κ2) is 6.87. The molecule has 2 rings (SSSR count). The van der Waals surface area contributed by atoms with E-state index < -0.39 is 0 Å². The van der Waals surface area contributed by atoms with Crippen molar-refractivity contribution in [3.05, 3.63) is 23.4 Å². The van der Waals surface area contributed by atoms with Gasteiger partial charge in [0.25, 0.3) is 0 Å². The van der Waals surface area contributed by atoms with E-state index in [-0.39, 0.29) is 6.61 Å². The predicted molar refractivity (Wildman–Crippen MR) is 76.4 cm³/mol. The predicted octanol–water partition coefficient (Wildman–Crippen LogP) is 2.00. The van der Waals surface area contributed by atoms with Crippen molar-refractivity contribution >= 4 is 5.82 Å². The first-order valence-corrected chi connectivity index (χ1v) is 7.12. The van der Waals surface area contributed by atoms with Crippen LogP contribution in [0.2, 0.25) is 0 Å². The molecule has 1 saturated heterocycles. The number of rotatable bonds is 5. The van der Waals surface area contributed by atoms with Crippen LogP contribution in [0.25, 0.3) is 0 Å². The average molecular weight is 264 g/mol. The molecule has 4 nitrogen and oxygen atoms in total. The van der Waals surface area contributed by atoms with E-state index >= 15 is 0 Å². The summed E-state index contributed by atoms with van der Waals surface area (Å²) in [4.78, 5) is 6.85. The van der Waals surface area contributed by atoms with Crippen molar-refractivity contribution in [2.24, 2.45) is 5.92 Å². The molecule has 0 spiro atoms. The summed E-state index contributed by atoms with van der Waals surface area (Å²) in [5.41, 5.74) is 1.99. The average Bonchev–Trinajstić information content (AvgIpc) is 2.47. The molecule has 0 saturated carbocycles. The van der Waals surface area contributed by atoms with Gasteiger partial charge in [0.05, 0.1) is 6.61 Å². The Hall–Kier alpha value is -1.13. The van der Waals surface area contributed by atoms with Crippen molar-refractivity contribution < 1.29 is 9.84 Å². The van der Waals surface area contributed by atoms with Crippen LogP contribution >= 0.6 is 0 Å². The van der Waals surface area contributed by atoms with Crippen molar-refractivity contribution in [1.29, 1.82) is 0 Å². The maximum Gasteiger partial charge on any atom is 0.128 e. The fourth-order valence-electron chi connectivity index (χ4n) is 2.51. The van der Waals surface area contributed by atoms with Gasteiger partial charge < -0.3 is 14.7 Å². The van der Waals surface area contributed by atoms with Gasteiger partial charge >= 0.3 is 0 Å². The molecule has 1 aromatic heterocycles. The number of aliphatic hydroxyl groups excluding tert-OH is 1. The van der Waals surface area contributed by atoms with Gasteiger partial charge in [-0.05, 0) is 42.9 Å². The zero-order chi connectivity index (χ0) is 13.7. The van der Waals surface area contributed by atoms with E-state index in [1.165, 1.54) is 0 Å². The van der Waals surface area contributed by atoms with E-state index in [4.69, 9.17) is 4.74 Å². The van der Waals surface area contributed by atoms with Gasteiger partial charge in [-0.3, -0.25) is 0 Å². The highest BCUT2D eigenvalue weighted by molar-refractivity contribution is 5.42. The molecule has 1 aliphatic heterocycles. The molecule has 1 fully saturated rings. The van der Waals surface area contributed by atoms with Gasteiger partial charge in [-0.15, -0.1) is 0 Å². The van der Waals surface area contributed by atoms with Gasteiger partial charge in [-0.2, -0.15) is 0 Å². The number of aliphatic hydroxyl groups is 1. The SMILES string of the molecule is CCc1cc(CO)cc(N(C)CC2CCOCC2)n1. The molecule has 0 amide bonds. The summed E-state index contributed by atoms with van der Waals surface area (Å²) in [6.45, 7) is 4.93. The van der Waals surface area contributed by atoms with E-state index in [1.54, 1.807) is 0 Å². The molecule has 0 aromatic carbocycles. The molecule has 0 atom stereocenters. The van der Waals surface area contributed by atoms with Gasteiger partial charge in [0.1, 0.15) is 5.82 Å².